The van der Waals surface area contributed by atoms with Crippen LogP contribution in [0.3, 0.4) is 0 Å². The van der Waals surface area contributed by atoms with Crippen molar-refractivity contribution in [3.63, 3.8) is 0 Å². The second-order valence-electron chi connectivity index (χ2n) is 4.71. The molecule has 0 spiro atoms. The lowest BCUT2D eigenvalue weighted by Gasteiger charge is -2.23. The summed E-state index contributed by atoms with van der Waals surface area (Å²) in [7, 11) is 0. The molecule has 5 heteroatoms. The molecule has 0 aliphatic carbocycles. The number of oxime groups is 1. The van der Waals surface area contributed by atoms with Gasteiger partial charge in [0, 0.05) is 19.5 Å². The number of rotatable bonds is 5. The zero-order valence-corrected chi connectivity index (χ0v) is 12.0. The smallest absolute Gasteiger partial charge is 0.317 e. The van der Waals surface area contributed by atoms with Crippen molar-refractivity contribution in [1.29, 1.82) is 0 Å². The number of nitrogens with one attached hydrogen (secondary N) is 1. The molecule has 0 unspecified atom stereocenters. The lowest BCUT2D eigenvalue weighted by Crippen LogP contribution is -2.43. The van der Waals surface area contributed by atoms with Crippen LogP contribution in [0.15, 0.2) is 35.5 Å². The van der Waals surface area contributed by atoms with Gasteiger partial charge in [0.15, 0.2) is 6.10 Å². The van der Waals surface area contributed by atoms with Gasteiger partial charge in [-0.1, -0.05) is 35.5 Å². The van der Waals surface area contributed by atoms with Gasteiger partial charge in [-0.15, -0.1) is 0 Å². The molecule has 108 valence electrons. The number of likely N-dealkylation sites (N-methyl/N-ethyl adjacent to an activating group) is 1. The van der Waals surface area contributed by atoms with E-state index in [-0.39, 0.29) is 12.1 Å². The molecule has 1 aliphatic heterocycles. The fourth-order valence-electron chi connectivity index (χ4n) is 2.19. The summed E-state index contributed by atoms with van der Waals surface area (Å²) in [5.41, 5.74) is 2.03. The van der Waals surface area contributed by atoms with Gasteiger partial charge >= 0.3 is 6.03 Å². The number of nitrogens with zero attached hydrogens (tertiary/aromatic N) is 2. The van der Waals surface area contributed by atoms with Crippen LogP contribution in [0.1, 0.15) is 25.8 Å². The zero-order valence-electron chi connectivity index (χ0n) is 12.0. The third-order valence-corrected chi connectivity index (χ3v) is 3.26. The first-order valence-electron chi connectivity index (χ1n) is 7.05. The van der Waals surface area contributed by atoms with Crippen LogP contribution in [0.2, 0.25) is 0 Å². The molecule has 1 heterocycles. The van der Waals surface area contributed by atoms with Gasteiger partial charge < -0.3 is 15.1 Å². The minimum Gasteiger partial charge on any atom is -0.390 e. The molecule has 0 aromatic heterocycles. The maximum atomic E-state index is 11.8. The third kappa shape index (κ3) is 3.50. The third-order valence-electron chi connectivity index (χ3n) is 3.26. The van der Waals surface area contributed by atoms with E-state index in [0.29, 0.717) is 19.6 Å². The lowest BCUT2D eigenvalue weighted by molar-refractivity contribution is 0.0617. The molecule has 1 aromatic rings. The topological polar surface area (TPSA) is 53.9 Å². The SMILES string of the molecule is CCNC(=O)N(CC)C[C@@H]1CC(c2ccccc2)=NO1. The summed E-state index contributed by atoms with van der Waals surface area (Å²) in [6, 6.07) is 9.94. The summed E-state index contributed by atoms with van der Waals surface area (Å²) >= 11 is 0. The molecule has 1 atom stereocenters. The Balaban J connectivity index is 1.90. The van der Waals surface area contributed by atoms with Crippen molar-refractivity contribution >= 4 is 11.7 Å². The van der Waals surface area contributed by atoms with Crippen molar-refractivity contribution in [3.8, 4) is 0 Å². The number of hydrogen-bond acceptors (Lipinski definition) is 3. The second kappa shape index (κ2) is 6.93. The van der Waals surface area contributed by atoms with Crippen LogP contribution in [0.4, 0.5) is 4.79 Å². The number of carbonyl (C=O) groups is 1. The van der Waals surface area contributed by atoms with E-state index in [1.807, 2.05) is 44.2 Å². The maximum absolute atomic E-state index is 11.8. The largest absolute Gasteiger partial charge is 0.390 e. The molecular weight excluding hydrogens is 254 g/mol. The fourth-order valence-corrected chi connectivity index (χ4v) is 2.19. The number of hydrogen-bond donors (Lipinski definition) is 1. The Kier molecular flexibility index (Phi) is 4.98. The number of amides is 2. The van der Waals surface area contributed by atoms with E-state index in [1.54, 1.807) is 4.90 Å². The van der Waals surface area contributed by atoms with E-state index in [4.69, 9.17) is 4.84 Å². The molecule has 2 rings (SSSR count). The molecule has 1 aliphatic rings. The molecule has 0 radical (unpaired) electrons. The summed E-state index contributed by atoms with van der Waals surface area (Å²) in [5, 5.41) is 6.95. The van der Waals surface area contributed by atoms with E-state index in [1.165, 1.54) is 0 Å². The molecule has 1 N–H and O–H groups in total. The molecule has 0 saturated carbocycles. The Labute approximate surface area is 119 Å². The van der Waals surface area contributed by atoms with Crippen LogP contribution < -0.4 is 5.32 Å². The van der Waals surface area contributed by atoms with Crippen molar-refractivity contribution in [1.82, 2.24) is 10.2 Å². The molecule has 0 bridgehead atoms. The van der Waals surface area contributed by atoms with E-state index in [0.717, 1.165) is 17.7 Å². The van der Waals surface area contributed by atoms with E-state index < -0.39 is 0 Å². The molecule has 2 amide bonds. The Bertz CT molecular complexity index is 473. The van der Waals surface area contributed by atoms with Crippen LogP contribution in [0.25, 0.3) is 0 Å². The van der Waals surface area contributed by atoms with Crippen LogP contribution in [-0.2, 0) is 4.84 Å². The van der Waals surface area contributed by atoms with Gasteiger partial charge in [0.2, 0.25) is 0 Å². The zero-order chi connectivity index (χ0) is 14.4. The minimum absolute atomic E-state index is 0.0493. The first kappa shape index (κ1) is 14.4. The monoisotopic (exact) mass is 275 g/mol. The van der Waals surface area contributed by atoms with Crippen LogP contribution in [-0.4, -0.2) is 42.4 Å². The molecule has 1 aromatic carbocycles. The molecule has 5 nitrogen and oxygen atoms in total. The second-order valence-corrected chi connectivity index (χ2v) is 4.71. The lowest BCUT2D eigenvalue weighted by atomic mass is 10.1. The van der Waals surface area contributed by atoms with E-state index >= 15 is 0 Å². The van der Waals surface area contributed by atoms with Crippen molar-refractivity contribution < 1.29 is 9.63 Å². The van der Waals surface area contributed by atoms with Gasteiger partial charge in [-0.3, -0.25) is 0 Å². The van der Waals surface area contributed by atoms with Gasteiger partial charge in [-0.25, -0.2) is 4.79 Å². The summed E-state index contributed by atoms with van der Waals surface area (Å²) < 4.78 is 0. The van der Waals surface area contributed by atoms with Crippen LogP contribution >= 0.6 is 0 Å². The Morgan fingerprint density at radius 3 is 2.80 bits per heavy atom. The summed E-state index contributed by atoms with van der Waals surface area (Å²) in [6.07, 6.45) is 0.674. The molecular formula is C15H21N3O2. The van der Waals surface area contributed by atoms with Gasteiger partial charge in [0.25, 0.3) is 0 Å². The highest BCUT2D eigenvalue weighted by Gasteiger charge is 2.25. The van der Waals surface area contributed by atoms with Crippen LogP contribution in [0.5, 0.6) is 0 Å². The van der Waals surface area contributed by atoms with Gasteiger partial charge in [-0.05, 0) is 19.4 Å². The Hall–Kier alpha value is -2.04. The fraction of sp³-hybridized carbons (Fsp3) is 0.467. The van der Waals surface area contributed by atoms with Crippen molar-refractivity contribution in [2.75, 3.05) is 19.6 Å². The average Bonchev–Trinajstić information content (AvgIpc) is 2.94. The maximum Gasteiger partial charge on any atom is 0.317 e. The highest BCUT2D eigenvalue weighted by atomic mass is 16.6. The molecule has 20 heavy (non-hydrogen) atoms. The quantitative estimate of drug-likeness (QED) is 0.896. The Morgan fingerprint density at radius 1 is 1.40 bits per heavy atom. The van der Waals surface area contributed by atoms with Crippen molar-refractivity contribution in [2.24, 2.45) is 5.16 Å². The van der Waals surface area contributed by atoms with Gasteiger partial charge in [0.1, 0.15) is 0 Å². The van der Waals surface area contributed by atoms with E-state index in [2.05, 4.69) is 10.5 Å². The summed E-state index contributed by atoms with van der Waals surface area (Å²) in [6.45, 7) is 5.72. The first-order chi connectivity index (χ1) is 9.74. The predicted octanol–water partition coefficient (Wildman–Crippen LogP) is 2.23. The normalized spacial score (nSPS) is 17.3. The Morgan fingerprint density at radius 2 is 2.15 bits per heavy atom. The van der Waals surface area contributed by atoms with Gasteiger partial charge in [-0.2, -0.15) is 0 Å². The van der Waals surface area contributed by atoms with E-state index in [9.17, 15) is 4.79 Å². The van der Waals surface area contributed by atoms with Gasteiger partial charge in [0.05, 0.1) is 12.3 Å². The highest BCUT2D eigenvalue weighted by Crippen LogP contribution is 2.17. The number of carbonyl (C=O) groups excluding carboxylic acids is 1. The summed E-state index contributed by atoms with van der Waals surface area (Å²) in [5.74, 6) is 0. The number of benzene rings is 1. The minimum atomic E-state index is -0.0623. The van der Waals surface area contributed by atoms with Crippen LogP contribution in [0, 0.1) is 0 Å². The standard InChI is InChI=1S/C15H21N3O2/c1-3-16-15(19)18(4-2)11-13-10-14(17-20-13)12-8-6-5-7-9-12/h5-9,13H,3-4,10-11H2,1-2H3,(H,16,19)/t13-/m0/s1. The molecule has 0 fully saturated rings. The van der Waals surface area contributed by atoms with Crippen molar-refractivity contribution in [2.45, 2.75) is 26.4 Å². The first-order valence-corrected chi connectivity index (χ1v) is 7.05. The summed E-state index contributed by atoms with van der Waals surface area (Å²) in [4.78, 5) is 19.0. The number of urea groups is 1. The highest BCUT2D eigenvalue weighted by molar-refractivity contribution is 6.01. The molecule has 0 saturated heterocycles. The average molecular weight is 275 g/mol. The predicted molar refractivity (Wildman–Crippen MR) is 78.8 cm³/mol. The van der Waals surface area contributed by atoms with Crippen molar-refractivity contribution in [3.05, 3.63) is 35.9 Å².